The number of ketones is 1. The van der Waals surface area contributed by atoms with E-state index in [0.717, 1.165) is 23.8 Å². The summed E-state index contributed by atoms with van der Waals surface area (Å²) in [5.74, 6) is 1.78. The molecule has 2 unspecified atom stereocenters. The van der Waals surface area contributed by atoms with Crippen molar-refractivity contribution in [2.24, 2.45) is 11.8 Å². The molecule has 0 bridgehead atoms. The molecule has 17 heavy (non-hydrogen) atoms. The van der Waals surface area contributed by atoms with E-state index in [2.05, 4.69) is 36.7 Å². The first kappa shape index (κ1) is 12.8. The summed E-state index contributed by atoms with van der Waals surface area (Å²) >= 11 is 3.54. The summed E-state index contributed by atoms with van der Waals surface area (Å²) in [7, 11) is 0. The molecule has 1 aliphatic rings. The SMILES string of the molecule is Cc1ccc(C(=O)C(Br)CC2C[C@@H]2C)cc1C. The van der Waals surface area contributed by atoms with Crippen LogP contribution in [-0.2, 0) is 0 Å². The fourth-order valence-corrected chi connectivity index (χ4v) is 2.92. The van der Waals surface area contributed by atoms with Crippen LogP contribution in [0.5, 0.6) is 0 Å². The molecule has 1 saturated carbocycles. The molecule has 1 aliphatic carbocycles. The molecule has 0 saturated heterocycles. The van der Waals surface area contributed by atoms with E-state index >= 15 is 0 Å². The summed E-state index contributed by atoms with van der Waals surface area (Å²) in [5, 5.41) is 0. The topological polar surface area (TPSA) is 17.1 Å². The largest absolute Gasteiger partial charge is 0.293 e. The van der Waals surface area contributed by atoms with E-state index in [-0.39, 0.29) is 10.6 Å². The predicted molar refractivity (Wildman–Crippen MR) is 74.8 cm³/mol. The zero-order valence-electron chi connectivity index (χ0n) is 10.7. The lowest BCUT2D eigenvalue weighted by Gasteiger charge is -2.10. The number of rotatable bonds is 4. The zero-order chi connectivity index (χ0) is 12.6. The third-order valence-corrected chi connectivity index (χ3v) is 4.65. The maximum Gasteiger partial charge on any atom is 0.176 e. The lowest BCUT2D eigenvalue weighted by Crippen LogP contribution is -2.15. The Balaban J connectivity index is 2.05. The zero-order valence-corrected chi connectivity index (χ0v) is 12.3. The molecule has 0 amide bonds. The normalized spacial score (nSPS) is 24.5. The second-order valence-corrected chi connectivity index (χ2v) is 6.44. The van der Waals surface area contributed by atoms with Crippen LogP contribution in [0, 0.1) is 25.7 Å². The van der Waals surface area contributed by atoms with Gasteiger partial charge < -0.3 is 0 Å². The lowest BCUT2D eigenvalue weighted by molar-refractivity contribution is 0.0986. The van der Waals surface area contributed by atoms with Gasteiger partial charge in [0.05, 0.1) is 4.83 Å². The van der Waals surface area contributed by atoms with E-state index in [4.69, 9.17) is 0 Å². The van der Waals surface area contributed by atoms with Crippen molar-refractivity contribution in [1.29, 1.82) is 0 Å². The molecule has 1 aromatic rings. The number of halogens is 1. The minimum Gasteiger partial charge on any atom is -0.293 e. The van der Waals surface area contributed by atoms with E-state index < -0.39 is 0 Å². The first-order valence-electron chi connectivity index (χ1n) is 6.24. The van der Waals surface area contributed by atoms with Crippen LogP contribution in [0.3, 0.4) is 0 Å². The molecule has 0 spiro atoms. The van der Waals surface area contributed by atoms with Crippen molar-refractivity contribution in [2.75, 3.05) is 0 Å². The van der Waals surface area contributed by atoms with Crippen LogP contribution in [0.1, 0.15) is 41.3 Å². The van der Waals surface area contributed by atoms with Crippen LogP contribution in [-0.4, -0.2) is 10.6 Å². The molecule has 0 radical (unpaired) electrons. The molecule has 1 nitrogen and oxygen atoms in total. The molecule has 0 aliphatic heterocycles. The van der Waals surface area contributed by atoms with Gasteiger partial charge in [-0.25, -0.2) is 0 Å². The highest BCUT2D eigenvalue weighted by Crippen LogP contribution is 2.42. The quantitative estimate of drug-likeness (QED) is 0.598. The molecular weight excluding hydrogens is 276 g/mol. The van der Waals surface area contributed by atoms with Crippen molar-refractivity contribution in [3.8, 4) is 0 Å². The van der Waals surface area contributed by atoms with E-state index in [1.54, 1.807) is 0 Å². The molecule has 2 heteroatoms. The summed E-state index contributed by atoms with van der Waals surface area (Å²) in [5.41, 5.74) is 3.27. The third-order valence-electron chi connectivity index (χ3n) is 3.86. The van der Waals surface area contributed by atoms with Gasteiger partial charge in [0.15, 0.2) is 5.78 Å². The highest BCUT2D eigenvalue weighted by atomic mass is 79.9. The van der Waals surface area contributed by atoms with Gasteiger partial charge in [0.1, 0.15) is 0 Å². The first-order valence-corrected chi connectivity index (χ1v) is 7.16. The number of carbonyl (C=O) groups excluding carboxylic acids is 1. The highest BCUT2D eigenvalue weighted by Gasteiger charge is 2.35. The second kappa shape index (κ2) is 4.93. The van der Waals surface area contributed by atoms with Crippen LogP contribution >= 0.6 is 15.9 Å². The minimum atomic E-state index is -0.0143. The van der Waals surface area contributed by atoms with Gasteiger partial charge in [-0.1, -0.05) is 35.0 Å². The molecule has 92 valence electrons. The lowest BCUT2D eigenvalue weighted by atomic mass is 10.00. The molecule has 1 fully saturated rings. The van der Waals surface area contributed by atoms with Gasteiger partial charge in [0, 0.05) is 5.56 Å². The number of carbonyl (C=O) groups is 1. The third kappa shape index (κ3) is 2.98. The monoisotopic (exact) mass is 294 g/mol. The van der Waals surface area contributed by atoms with E-state index in [9.17, 15) is 4.79 Å². The summed E-state index contributed by atoms with van der Waals surface area (Å²) in [6, 6.07) is 5.97. The van der Waals surface area contributed by atoms with Crippen LogP contribution in [0.2, 0.25) is 0 Å². The number of hydrogen-bond donors (Lipinski definition) is 0. The number of Topliss-reactive ketones (excluding diaryl/α,β-unsaturated/α-hetero) is 1. The van der Waals surface area contributed by atoms with E-state index in [0.29, 0.717) is 0 Å². The first-order chi connectivity index (χ1) is 7.99. The van der Waals surface area contributed by atoms with Gasteiger partial charge in [0.25, 0.3) is 0 Å². The highest BCUT2D eigenvalue weighted by molar-refractivity contribution is 9.10. The van der Waals surface area contributed by atoms with Gasteiger partial charge >= 0.3 is 0 Å². The minimum absolute atomic E-state index is 0.0143. The van der Waals surface area contributed by atoms with Crippen molar-refractivity contribution in [2.45, 2.75) is 38.4 Å². The van der Waals surface area contributed by atoms with Gasteiger partial charge in [-0.05, 0) is 55.7 Å². The Kier molecular flexibility index (Phi) is 3.72. The summed E-state index contributed by atoms with van der Waals surface area (Å²) in [4.78, 5) is 12.2. The Morgan fingerprint density at radius 1 is 1.41 bits per heavy atom. The van der Waals surface area contributed by atoms with E-state index in [1.165, 1.54) is 17.5 Å². The fraction of sp³-hybridized carbons (Fsp3) is 0.533. The molecule has 0 N–H and O–H groups in total. The van der Waals surface area contributed by atoms with Crippen LogP contribution in [0.25, 0.3) is 0 Å². The Morgan fingerprint density at radius 3 is 2.59 bits per heavy atom. The summed E-state index contributed by atoms with van der Waals surface area (Å²) < 4.78 is 0. The molecule has 1 aromatic carbocycles. The van der Waals surface area contributed by atoms with Gasteiger partial charge in [-0.15, -0.1) is 0 Å². The maximum atomic E-state index is 12.2. The average molecular weight is 295 g/mol. The van der Waals surface area contributed by atoms with Crippen molar-refractivity contribution >= 4 is 21.7 Å². The number of benzene rings is 1. The van der Waals surface area contributed by atoms with Crippen LogP contribution < -0.4 is 0 Å². The molecule has 0 heterocycles. The van der Waals surface area contributed by atoms with Gasteiger partial charge in [0.2, 0.25) is 0 Å². The second-order valence-electron chi connectivity index (χ2n) is 5.34. The average Bonchev–Trinajstić information content (AvgIpc) is 2.97. The van der Waals surface area contributed by atoms with Gasteiger partial charge in [-0.2, -0.15) is 0 Å². The van der Waals surface area contributed by atoms with Crippen molar-refractivity contribution < 1.29 is 4.79 Å². The van der Waals surface area contributed by atoms with Crippen molar-refractivity contribution in [3.63, 3.8) is 0 Å². The number of aryl methyl sites for hydroxylation is 2. The molecule has 0 aromatic heterocycles. The maximum absolute atomic E-state index is 12.2. The van der Waals surface area contributed by atoms with Crippen LogP contribution in [0.15, 0.2) is 18.2 Å². The molecule has 3 atom stereocenters. The fourth-order valence-electron chi connectivity index (χ4n) is 2.18. The molecule has 2 rings (SSSR count). The van der Waals surface area contributed by atoms with Crippen molar-refractivity contribution in [3.05, 3.63) is 34.9 Å². The Morgan fingerprint density at radius 2 is 2.06 bits per heavy atom. The summed E-state index contributed by atoms with van der Waals surface area (Å²) in [6.45, 7) is 6.38. The Hall–Kier alpha value is -0.630. The van der Waals surface area contributed by atoms with Crippen molar-refractivity contribution in [1.82, 2.24) is 0 Å². The Labute approximate surface area is 112 Å². The smallest absolute Gasteiger partial charge is 0.176 e. The van der Waals surface area contributed by atoms with E-state index in [1.807, 2.05) is 18.2 Å². The standard InChI is InChI=1S/C15H19BrO/c1-9-4-5-12(6-10(9)2)15(17)14(16)8-13-7-11(13)3/h4-6,11,13-14H,7-8H2,1-3H3/t11-,13?,14?/m0/s1. The van der Waals surface area contributed by atoms with Gasteiger partial charge in [-0.3, -0.25) is 4.79 Å². The van der Waals surface area contributed by atoms with Crippen LogP contribution in [0.4, 0.5) is 0 Å². The molecular formula is C15H19BrO. The number of hydrogen-bond acceptors (Lipinski definition) is 1. The predicted octanol–water partition coefficient (Wildman–Crippen LogP) is 4.30. The summed E-state index contributed by atoms with van der Waals surface area (Å²) in [6.07, 6.45) is 2.26. The Bertz CT molecular complexity index is 439. The number of alkyl halides is 1.